The minimum Gasteiger partial charge on any atom is -0.493 e. The molecular weight excluding hydrogens is 338 g/mol. The highest BCUT2D eigenvalue weighted by Crippen LogP contribution is 2.43. The Hall–Kier alpha value is -2.28. The van der Waals surface area contributed by atoms with Gasteiger partial charge in [-0.15, -0.1) is 0 Å². The number of nitrogens with zero attached hydrogens (tertiary/aromatic N) is 1. The van der Waals surface area contributed by atoms with Crippen LogP contribution >= 0.6 is 11.3 Å². The van der Waals surface area contributed by atoms with Crippen LogP contribution in [0.2, 0.25) is 0 Å². The maximum absolute atomic E-state index is 12.1. The number of carbonyl (C=O) groups is 1. The second-order valence-electron chi connectivity index (χ2n) is 6.50. The van der Waals surface area contributed by atoms with Gasteiger partial charge < -0.3 is 20.5 Å². The van der Waals surface area contributed by atoms with Gasteiger partial charge in [0.25, 0.3) is 0 Å². The lowest BCUT2D eigenvalue weighted by Crippen LogP contribution is -2.22. The number of aromatic nitrogens is 1. The molecule has 2 aliphatic rings. The second kappa shape index (κ2) is 6.55. The highest BCUT2D eigenvalue weighted by atomic mass is 32.1. The molecule has 1 aliphatic heterocycles. The van der Waals surface area contributed by atoms with Crippen LogP contribution in [0.5, 0.6) is 11.5 Å². The van der Waals surface area contributed by atoms with Crippen molar-refractivity contribution in [3.8, 4) is 11.5 Å². The van der Waals surface area contributed by atoms with Gasteiger partial charge in [-0.2, -0.15) is 0 Å². The lowest BCUT2D eigenvalue weighted by Gasteiger charge is -2.23. The van der Waals surface area contributed by atoms with E-state index in [2.05, 4.69) is 10.3 Å². The molecule has 2 heterocycles. The van der Waals surface area contributed by atoms with Gasteiger partial charge in [-0.3, -0.25) is 4.79 Å². The van der Waals surface area contributed by atoms with Crippen molar-refractivity contribution < 1.29 is 14.3 Å². The van der Waals surface area contributed by atoms with E-state index in [-0.39, 0.29) is 17.9 Å². The Morgan fingerprint density at radius 3 is 2.84 bits per heavy atom. The highest BCUT2D eigenvalue weighted by Gasteiger charge is 2.31. The summed E-state index contributed by atoms with van der Waals surface area (Å²) in [5.41, 5.74) is 6.86. The first kappa shape index (κ1) is 16.2. The summed E-state index contributed by atoms with van der Waals surface area (Å²) in [6.45, 7) is 0. The minimum atomic E-state index is -0.0598. The molecule has 6 nitrogen and oxygen atoms in total. The number of nitrogen functional groups attached to an aromatic ring is 1. The molecular formula is C18H21N3O3S. The SMILES string of the molecule is COc1ccc([C@H]2CC(=O)Nc3nc(N)sc32)cc1OC1CCCC1. The number of benzene rings is 1. The van der Waals surface area contributed by atoms with Gasteiger partial charge in [-0.25, -0.2) is 4.98 Å². The van der Waals surface area contributed by atoms with Gasteiger partial charge >= 0.3 is 0 Å². The quantitative estimate of drug-likeness (QED) is 0.872. The molecule has 1 fully saturated rings. The zero-order valence-corrected chi connectivity index (χ0v) is 14.9. The highest BCUT2D eigenvalue weighted by molar-refractivity contribution is 7.16. The maximum atomic E-state index is 12.1. The van der Waals surface area contributed by atoms with E-state index in [0.717, 1.165) is 34.8 Å². The normalized spacial score (nSPS) is 20.2. The number of thiazole rings is 1. The summed E-state index contributed by atoms with van der Waals surface area (Å²) in [7, 11) is 1.65. The molecule has 0 bridgehead atoms. The maximum Gasteiger partial charge on any atom is 0.226 e. The van der Waals surface area contributed by atoms with Crippen molar-refractivity contribution in [2.24, 2.45) is 0 Å². The number of nitrogens with two attached hydrogens (primary N) is 1. The van der Waals surface area contributed by atoms with E-state index in [9.17, 15) is 4.79 Å². The van der Waals surface area contributed by atoms with E-state index < -0.39 is 0 Å². The third-order valence-electron chi connectivity index (χ3n) is 4.82. The van der Waals surface area contributed by atoms with Gasteiger partial charge in [0.05, 0.1) is 18.1 Å². The second-order valence-corrected chi connectivity index (χ2v) is 7.57. The predicted molar refractivity (Wildman–Crippen MR) is 97.5 cm³/mol. The summed E-state index contributed by atoms with van der Waals surface area (Å²) in [5, 5.41) is 3.27. The third kappa shape index (κ3) is 3.16. The van der Waals surface area contributed by atoms with Crippen LogP contribution in [0.1, 0.15) is 48.5 Å². The number of rotatable bonds is 4. The van der Waals surface area contributed by atoms with Gasteiger partial charge in [0.2, 0.25) is 5.91 Å². The van der Waals surface area contributed by atoms with E-state index >= 15 is 0 Å². The van der Waals surface area contributed by atoms with E-state index in [1.807, 2.05) is 18.2 Å². The standard InChI is InChI=1S/C18H21N3O3S/c1-23-13-7-6-10(8-14(13)24-11-4-2-3-5-11)12-9-15(22)20-17-16(12)25-18(19)21-17/h6-8,11-12H,2-5,9H2,1H3,(H2,19,21)(H,20,22)/t12-/m1/s1. The minimum absolute atomic E-state index is 0.0446. The molecule has 0 radical (unpaired) electrons. The van der Waals surface area contributed by atoms with Crippen molar-refractivity contribution in [2.45, 2.75) is 44.1 Å². The first-order valence-electron chi connectivity index (χ1n) is 8.54. The number of hydrogen-bond donors (Lipinski definition) is 2. The van der Waals surface area contributed by atoms with E-state index in [0.29, 0.717) is 17.4 Å². The summed E-state index contributed by atoms with van der Waals surface area (Å²) in [5.74, 6) is 1.95. The molecule has 132 valence electrons. The van der Waals surface area contributed by atoms with Crippen LogP contribution in [-0.4, -0.2) is 24.1 Å². The van der Waals surface area contributed by atoms with Crippen molar-refractivity contribution in [1.29, 1.82) is 0 Å². The summed E-state index contributed by atoms with van der Waals surface area (Å²) < 4.78 is 11.6. The van der Waals surface area contributed by atoms with E-state index in [1.165, 1.54) is 24.2 Å². The van der Waals surface area contributed by atoms with Crippen LogP contribution in [-0.2, 0) is 4.79 Å². The zero-order chi connectivity index (χ0) is 17.4. The van der Waals surface area contributed by atoms with Crippen LogP contribution < -0.4 is 20.5 Å². The number of nitrogens with one attached hydrogen (secondary N) is 1. The Kier molecular flexibility index (Phi) is 4.25. The number of anilines is 2. The number of amides is 1. The Morgan fingerprint density at radius 1 is 1.28 bits per heavy atom. The van der Waals surface area contributed by atoms with Gasteiger partial charge in [0.15, 0.2) is 16.6 Å². The average Bonchev–Trinajstić information content (AvgIpc) is 3.22. The summed E-state index contributed by atoms with van der Waals surface area (Å²) in [6, 6.07) is 5.90. The molecule has 1 aromatic carbocycles. The molecule has 2 aromatic rings. The predicted octanol–water partition coefficient (Wildman–Crippen LogP) is 3.53. The van der Waals surface area contributed by atoms with Gasteiger partial charge in [-0.1, -0.05) is 17.4 Å². The number of fused-ring (bicyclic) bond motifs is 1. The smallest absolute Gasteiger partial charge is 0.226 e. The molecule has 1 amide bonds. The molecule has 0 unspecified atom stereocenters. The molecule has 1 aromatic heterocycles. The molecule has 3 N–H and O–H groups in total. The molecule has 1 atom stereocenters. The first-order chi connectivity index (χ1) is 12.1. The van der Waals surface area contributed by atoms with Crippen LogP contribution in [0.4, 0.5) is 10.9 Å². The van der Waals surface area contributed by atoms with Crippen LogP contribution in [0.15, 0.2) is 18.2 Å². The Labute approximate surface area is 150 Å². The van der Waals surface area contributed by atoms with Crippen molar-refractivity contribution in [3.05, 3.63) is 28.6 Å². The molecule has 7 heteroatoms. The number of ether oxygens (including phenoxy) is 2. The molecule has 0 saturated heterocycles. The van der Waals surface area contributed by atoms with Gasteiger partial charge in [0.1, 0.15) is 5.82 Å². The fourth-order valence-electron chi connectivity index (χ4n) is 3.59. The summed E-state index contributed by atoms with van der Waals surface area (Å²) >= 11 is 1.42. The fourth-order valence-corrected chi connectivity index (χ4v) is 4.51. The van der Waals surface area contributed by atoms with Crippen molar-refractivity contribution in [1.82, 2.24) is 4.98 Å². The van der Waals surface area contributed by atoms with Crippen LogP contribution in [0.25, 0.3) is 0 Å². The molecule has 4 rings (SSSR count). The summed E-state index contributed by atoms with van der Waals surface area (Å²) in [6.07, 6.45) is 5.19. The number of methoxy groups -OCH3 is 1. The topological polar surface area (TPSA) is 86.5 Å². The number of carbonyl (C=O) groups excluding carboxylic acids is 1. The van der Waals surface area contributed by atoms with Crippen molar-refractivity contribution >= 4 is 28.2 Å². The Morgan fingerprint density at radius 2 is 2.08 bits per heavy atom. The first-order valence-corrected chi connectivity index (χ1v) is 9.36. The average molecular weight is 359 g/mol. The van der Waals surface area contributed by atoms with Crippen LogP contribution in [0.3, 0.4) is 0 Å². The monoisotopic (exact) mass is 359 g/mol. The van der Waals surface area contributed by atoms with Crippen molar-refractivity contribution in [3.63, 3.8) is 0 Å². The van der Waals surface area contributed by atoms with Crippen molar-refractivity contribution in [2.75, 3.05) is 18.2 Å². The Bertz CT molecular complexity index is 799. The largest absolute Gasteiger partial charge is 0.493 e. The molecule has 0 spiro atoms. The van der Waals surface area contributed by atoms with Gasteiger partial charge in [0, 0.05) is 12.3 Å². The lowest BCUT2D eigenvalue weighted by molar-refractivity contribution is -0.116. The van der Waals surface area contributed by atoms with Gasteiger partial charge in [-0.05, 0) is 43.4 Å². The summed E-state index contributed by atoms with van der Waals surface area (Å²) in [4.78, 5) is 17.3. The van der Waals surface area contributed by atoms with E-state index in [1.54, 1.807) is 7.11 Å². The Balaban J connectivity index is 1.69. The molecule has 1 aliphatic carbocycles. The third-order valence-corrected chi connectivity index (χ3v) is 5.82. The fraction of sp³-hybridized carbons (Fsp3) is 0.444. The molecule has 25 heavy (non-hydrogen) atoms. The number of hydrogen-bond acceptors (Lipinski definition) is 6. The lowest BCUT2D eigenvalue weighted by atomic mass is 9.91. The molecule has 1 saturated carbocycles. The zero-order valence-electron chi connectivity index (χ0n) is 14.1. The van der Waals surface area contributed by atoms with E-state index in [4.69, 9.17) is 15.2 Å². The van der Waals surface area contributed by atoms with Crippen LogP contribution in [0, 0.1) is 0 Å².